The van der Waals surface area contributed by atoms with Gasteiger partial charge < -0.3 is 20.1 Å². The van der Waals surface area contributed by atoms with E-state index in [1.165, 1.54) is 12.1 Å². The number of amides is 1. The Balaban J connectivity index is 1.46. The molecule has 1 aromatic carbocycles. The van der Waals surface area contributed by atoms with Crippen molar-refractivity contribution in [2.75, 3.05) is 36.8 Å². The summed E-state index contributed by atoms with van der Waals surface area (Å²) in [7, 11) is 0. The maximum absolute atomic E-state index is 13.9. The lowest BCUT2D eigenvalue weighted by atomic mass is 10.2. The third-order valence-corrected chi connectivity index (χ3v) is 6.05. The van der Waals surface area contributed by atoms with Crippen molar-refractivity contribution in [3.05, 3.63) is 66.4 Å². The first kappa shape index (κ1) is 25.3. The zero-order chi connectivity index (χ0) is 25.7. The number of aryl methyl sites for hydroxylation is 1. The lowest BCUT2D eigenvalue weighted by Crippen LogP contribution is -2.25. The van der Waals surface area contributed by atoms with Crippen molar-refractivity contribution in [3.8, 4) is 11.3 Å². The first-order valence-corrected chi connectivity index (χ1v) is 12.1. The Bertz CT molecular complexity index is 1340. The normalized spacial score (nSPS) is 11.4. The summed E-state index contributed by atoms with van der Waals surface area (Å²) in [4.78, 5) is 24.0. The monoisotopic (exact) mass is 495 g/mol. The number of aromatic nitrogens is 4. The van der Waals surface area contributed by atoms with Gasteiger partial charge in [-0.05, 0) is 51.2 Å². The molecule has 3 aromatic heterocycles. The van der Waals surface area contributed by atoms with E-state index in [1.54, 1.807) is 17.0 Å². The van der Waals surface area contributed by atoms with Gasteiger partial charge in [0.1, 0.15) is 6.54 Å². The molecular formula is C26H31F2N7O. The van der Waals surface area contributed by atoms with Crippen LogP contribution in [0.3, 0.4) is 0 Å². The second-order valence-corrected chi connectivity index (χ2v) is 8.60. The average molecular weight is 496 g/mol. The highest BCUT2D eigenvalue weighted by atomic mass is 19.2. The summed E-state index contributed by atoms with van der Waals surface area (Å²) in [6.45, 7) is 10.1. The maximum atomic E-state index is 13.9. The number of benzene rings is 1. The lowest BCUT2D eigenvalue weighted by molar-refractivity contribution is -0.116. The number of hydrogen-bond acceptors (Lipinski definition) is 5. The van der Waals surface area contributed by atoms with Gasteiger partial charge in [0.25, 0.3) is 0 Å². The largest absolute Gasteiger partial charge is 0.367 e. The molecule has 3 heterocycles. The summed E-state index contributed by atoms with van der Waals surface area (Å²) in [5.74, 6) is -1.81. The average Bonchev–Trinajstić information content (AvgIpc) is 3.48. The molecular weight excluding hydrogens is 464 g/mol. The van der Waals surface area contributed by atoms with Crippen molar-refractivity contribution >= 4 is 23.1 Å². The van der Waals surface area contributed by atoms with Crippen molar-refractivity contribution < 1.29 is 13.6 Å². The van der Waals surface area contributed by atoms with Crippen LogP contribution in [0.25, 0.3) is 16.9 Å². The Morgan fingerprint density at radius 1 is 1.14 bits per heavy atom. The van der Waals surface area contributed by atoms with E-state index in [0.717, 1.165) is 67.1 Å². The highest BCUT2D eigenvalue weighted by molar-refractivity contribution is 5.90. The van der Waals surface area contributed by atoms with E-state index in [0.29, 0.717) is 0 Å². The van der Waals surface area contributed by atoms with Gasteiger partial charge in [0, 0.05) is 30.7 Å². The smallest absolute Gasteiger partial charge is 0.244 e. The van der Waals surface area contributed by atoms with Gasteiger partial charge in [-0.25, -0.2) is 18.7 Å². The van der Waals surface area contributed by atoms with E-state index in [4.69, 9.17) is 0 Å². The SMILES string of the molecule is CCN(CC)CCCNc1nc(C)cn2c(-c3ccn(CC(=O)Nc4cccc(F)c4F)c3)cnc12. The molecule has 1 amide bonds. The van der Waals surface area contributed by atoms with Crippen LogP contribution in [0, 0.1) is 18.6 Å². The minimum Gasteiger partial charge on any atom is -0.367 e. The van der Waals surface area contributed by atoms with E-state index >= 15 is 0 Å². The first-order valence-electron chi connectivity index (χ1n) is 12.1. The van der Waals surface area contributed by atoms with Crippen LogP contribution in [-0.4, -0.2) is 55.9 Å². The number of nitrogens with zero attached hydrogens (tertiary/aromatic N) is 5. The van der Waals surface area contributed by atoms with Crippen molar-refractivity contribution in [2.45, 2.75) is 33.7 Å². The molecule has 4 rings (SSSR count). The van der Waals surface area contributed by atoms with Crippen LogP contribution < -0.4 is 10.6 Å². The van der Waals surface area contributed by atoms with Crippen molar-refractivity contribution in [1.29, 1.82) is 0 Å². The summed E-state index contributed by atoms with van der Waals surface area (Å²) in [5.41, 5.74) is 3.12. The fraction of sp³-hybridized carbons (Fsp3) is 0.346. The highest BCUT2D eigenvalue weighted by Gasteiger charge is 2.15. The minimum absolute atomic E-state index is 0.0490. The van der Waals surface area contributed by atoms with Crippen LogP contribution in [0.15, 0.2) is 49.1 Å². The van der Waals surface area contributed by atoms with Gasteiger partial charge in [0.2, 0.25) is 5.91 Å². The molecule has 0 aliphatic carbocycles. The second kappa shape index (κ2) is 11.3. The van der Waals surface area contributed by atoms with E-state index < -0.39 is 17.5 Å². The van der Waals surface area contributed by atoms with Crippen LogP contribution in [-0.2, 0) is 11.3 Å². The molecule has 0 unspecified atom stereocenters. The van der Waals surface area contributed by atoms with Gasteiger partial charge >= 0.3 is 0 Å². The quantitative estimate of drug-likeness (QED) is 0.298. The van der Waals surface area contributed by atoms with Gasteiger partial charge in [-0.2, -0.15) is 0 Å². The van der Waals surface area contributed by atoms with Crippen LogP contribution in [0.2, 0.25) is 0 Å². The van der Waals surface area contributed by atoms with Crippen LogP contribution in [0.1, 0.15) is 26.0 Å². The van der Waals surface area contributed by atoms with E-state index in [-0.39, 0.29) is 12.2 Å². The molecule has 0 bridgehead atoms. The number of rotatable bonds is 11. The molecule has 36 heavy (non-hydrogen) atoms. The molecule has 190 valence electrons. The predicted molar refractivity (Wildman–Crippen MR) is 137 cm³/mol. The fourth-order valence-corrected chi connectivity index (χ4v) is 4.14. The standard InChI is InChI=1S/C26H31F2N7O/c1-4-33(5-2)12-7-11-29-25-26-30-14-22(35(26)15-18(3)31-25)19-10-13-34(16-19)17-23(36)32-21-9-6-8-20(27)24(21)28/h6,8-10,13-16H,4-5,7,11-12,17H2,1-3H3,(H,29,31)(H,32,36). The summed E-state index contributed by atoms with van der Waals surface area (Å²) < 4.78 is 30.9. The number of anilines is 2. The number of carbonyl (C=O) groups is 1. The summed E-state index contributed by atoms with van der Waals surface area (Å²) >= 11 is 0. The fourth-order valence-electron chi connectivity index (χ4n) is 4.14. The lowest BCUT2D eigenvalue weighted by Gasteiger charge is -2.18. The molecule has 0 spiro atoms. The Kier molecular flexibility index (Phi) is 7.94. The van der Waals surface area contributed by atoms with Crippen molar-refractivity contribution in [2.24, 2.45) is 0 Å². The van der Waals surface area contributed by atoms with Crippen molar-refractivity contribution in [1.82, 2.24) is 23.8 Å². The zero-order valence-corrected chi connectivity index (χ0v) is 20.8. The van der Waals surface area contributed by atoms with Crippen molar-refractivity contribution in [3.63, 3.8) is 0 Å². The molecule has 0 saturated carbocycles. The molecule has 0 atom stereocenters. The molecule has 0 aliphatic rings. The van der Waals surface area contributed by atoms with Gasteiger partial charge in [-0.15, -0.1) is 0 Å². The number of fused-ring (bicyclic) bond motifs is 1. The molecule has 8 nitrogen and oxygen atoms in total. The third kappa shape index (κ3) is 5.71. The molecule has 0 fully saturated rings. The minimum atomic E-state index is -1.08. The number of carbonyl (C=O) groups excluding carboxylic acids is 1. The predicted octanol–water partition coefficient (Wildman–Crippen LogP) is 4.57. The van der Waals surface area contributed by atoms with Gasteiger partial charge in [-0.3, -0.25) is 9.20 Å². The van der Waals surface area contributed by atoms with E-state index in [2.05, 4.69) is 39.3 Å². The second-order valence-electron chi connectivity index (χ2n) is 8.60. The van der Waals surface area contributed by atoms with Gasteiger partial charge in [-0.1, -0.05) is 19.9 Å². The summed E-state index contributed by atoms with van der Waals surface area (Å²) in [5, 5.41) is 5.84. The summed E-state index contributed by atoms with van der Waals surface area (Å²) in [6.07, 6.45) is 8.28. The number of halogens is 2. The van der Waals surface area contributed by atoms with E-state index in [1.807, 2.05) is 29.8 Å². The molecule has 0 radical (unpaired) electrons. The Hall–Kier alpha value is -3.79. The molecule has 0 saturated heterocycles. The Morgan fingerprint density at radius 2 is 1.94 bits per heavy atom. The number of imidazole rings is 1. The maximum Gasteiger partial charge on any atom is 0.244 e. The first-order chi connectivity index (χ1) is 17.4. The molecule has 2 N–H and O–H groups in total. The number of nitrogens with one attached hydrogen (secondary N) is 2. The molecule has 10 heteroatoms. The van der Waals surface area contributed by atoms with Crippen LogP contribution in [0.4, 0.5) is 20.3 Å². The van der Waals surface area contributed by atoms with E-state index in [9.17, 15) is 13.6 Å². The van der Waals surface area contributed by atoms with Gasteiger partial charge in [0.05, 0.1) is 23.3 Å². The Morgan fingerprint density at radius 3 is 2.72 bits per heavy atom. The topological polar surface area (TPSA) is 79.5 Å². The van der Waals surface area contributed by atoms with Crippen LogP contribution in [0.5, 0.6) is 0 Å². The third-order valence-electron chi connectivity index (χ3n) is 6.05. The highest BCUT2D eigenvalue weighted by Crippen LogP contribution is 2.25. The number of hydrogen-bond donors (Lipinski definition) is 2. The van der Waals surface area contributed by atoms with Gasteiger partial charge in [0.15, 0.2) is 23.1 Å². The summed E-state index contributed by atoms with van der Waals surface area (Å²) in [6, 6.07) is 5.55. The molecule has 4 aromatic rings. The zero-order valence-electron chi connectivity index (χ0n) is 20.8. The molecule has 0 aliphatic heterocycles. The Labute approximate surface area is 209 Å². The van der Waals surface area contributed by atoms with Crippen LogP contribution >= 0.6 is 0 Å².